The van der Waals surface area contributed by atoms with Crippen LogP contribution < -0.4 is 10.1 Å². The van der Waals surface area contributed by atoms with Crippen LogP contribution in [-0.4, -0.2) is 24.0 Å². The summed E-state index contributed by atoms with van der Waals surface area (Å²) < 4.78 is 7.11. The van der Waals surface area contributed by atoms with Crippen LogP contribution in [0.2, 0.25) is 0 Å². The Balaban J connectivity index is 1.71. The number of phenolic OH excluding ortho intramolecular Hbond substituents is 1. The standard InChI is InChI=1S/C27H27NO3S/c1-3-19-7-5-6-8-22(19)25(30)27-26(23-14-11-20(29)17-24(23)32-27)31-21-12-9-18(10-13-21)15-16-28-4-2/h5-14,17,28-29H,3-4,15-16H2,1-2H3. The fourth-order valence-corrected chi connectivity index (χ4v) is 4.85. The molecule has 0 bridgehead atoms. The second-order valence-corrected chi connectivity index (χ2v) is 8.68. The Kier molecular flexibility index (Phi) is 6.88. The molecule has 4 aromatic rings. The third kappa shape index (κ3) is 4.69. The van der Waals surface area contributed by atoms with Crippen molar-refractivity contribution in [2.24, 2.45) is 0 Å². The lowest BCUT2D eigenvalue weighted by molar-refractivity contribution is 0.104. The number of ketones is 1. The van der Waals surface area contributed by atoms with E-state index in [2.05, 4.69) is 24.4 Å². The van der Waals surface area contributed by atoms with Crippen LogP contribution in [0.5, 0.6) is 17.2 Å². The van der Waals surface area contributed by atoms with Crippen molar-refractivity contribution >= 4 is 27.2 Å². The molecule has 0 atom stereocenters. The minimum Gasteiger partial charge on any atom is -0.508 e. The number of thiophene rings is 1. The smallest absolute Gasteiger partial charge is 0.207 e. The Bertz CT molecular complexity index is 1230. The third-order valence-electron chi connectivity index (χ3n) is 5.46. The predicted molar refractivity (Wildman–Crippen MR) is 132 cm³/mol. The molecule has 4 rings (SSSR count). The third-order valence-corrected chi connectivity index (χ3v) is 6.59. The van der Waals surface area contributed by atoms with E-state index in [1.54, 1.807) is 12.1 Å². The number of nitrogens with one attached hydrogen (secondary N) is 1. The first kappa shape index (κ1) is 22.1. The van der Waals surface area contributed by atoms with Crippen molar-refractivity contribution in [3.05, 3.63) is 88.3 Å². The highest BCUT2D eigenvalue weighted by Gasteiger charge is 2.23. The number of hydrogen-bond donors (Lipinski definition) is 2. The summed E-state index contributed by atoms with van der Waals surface area (Å²) in [4.78, 5) is 14.1. The number of carbonyl (C=O) groups is 1. The number of likely N-dealkylation sites (N-methyl/N-ethyl adjacent to an activating group) is 1. The van der Waals surface area contributed by atoms with Crippen LogP contribution >= 0.6 is 11.3 Å². The Labute approximate surface area is 192 Å². The van der Waals surface area contributed by atoms with E-state index in [-0.39, 0.29) is 11.5 Å². The molecule has 1 aromatic heterocycles. The van der Waals surface area contributed by atoms with Gasteiger partial charge < -0.3 is 15.2 Å². The maximum absolute atomic E-state index is 13.6. The van der Waals surface area contributed by atoms with Gasteiger partial charge in [-0.2, -0.15) is 0 Å². The van der Waals surface area contributed by atoms with Crippen molar-refractivity contribution in [1.82, 2.24) is 5.32 Å². The SMILES string of the molecule is CCNCCc1ccc(Oc2c(C(=O)c3ccccc3CC)sc3cc(O)ccc23)cc1. The zero-order valence-electron chi connectivity index (χ0n) is 18.4. The number of ether oxygens (including phenoxy) is 1. The Morgan fingerprint density at radius 3 is 2.56 bits per heavy atom. The van der Waals surface area contributed by atoms with Gasteiger partial charge in [0.2, 0.25) is 5.78 Å². The van der Waals surface area contributed by atoms with Gasteiger partial charge in [-0.1, -0.05) is 50.2 Å². The second kappa shape index (κ2) is 9.98. The van der Waals surface area contributed by atoms with Gasteiger partial charge in [0.1, 0.15) is 16.4 Å². The van der Waals surface area contributed by atoms with Gasteiger partial charge in [0.05, 0.1) is 0 Å². The molecular formula is C27H27NO3S. The van der Waals surface area contributed by atoms with Gasteiger partial charge in [0.15, 0.2) is 5.75 Å². The predicted octanol–water partition coefficient (Wildman–Crippen LogP) is 6.34. The molecule has 1 heterocycles. The van der Waals surface area contributed by atoms with Crippen molar-refractivity contribution in [3.63, 3.8) is 0 Å². The van der Waals surface area contributed by atoms with Crippen LogP contribution in [0.3, 0.4) is 0 Å². The van der Waals surface area contributed by atoms with Gasteiger partial charge in [0.25, 0.3) is 0 Å². The normalized spacial score (nSPS) is 11.1. The molecule has 4 nitrogen and oxygen atoms in total. The van der Waals surface area contributed by atoms with Crippen molar-refractivity contribution in [1.29, 1.82) is 0 Å². The first-order chi connectivity index (χ1) is 15.6. The number of hydrogen-bond acceptors (Lipinski definition) is 5. The summed E-state index contributed by atoms with van der Waals surface area (Å²) in [5, 5.41) is 14.1. The van der Waals surface area contributed by atoms with E-state index >= 15 is 0 Å². The molecule has 0 saturated heterocycles. The molecule has 2 N–H and O–H groups in total. The highest BCUT2D eigenvalue weighted by Crippen LogP contribution is 2.43. The lowest BCUT2D eigenvalue weighted by Gasteiger charge is -2.10. The molecule has 0 radical (unpaired) electrons. The summed E-state index contributed by atoms with van der Waals surface area (Å²) in [5.74, 6) is 1.34. The molecule has 5 heteroatoms. The summed E-state index contributed by atoms with van der Waals surface area (Å²) in [7, 11) is 0. The Hall–Kier alpha value is -3.15. The first-order valence-electron chi connectivity index (χ1n) is 11.0. The van der Waals surface area contributed by atoms with Crippen molar-refractivity contribution in [2.45, 2.75) is 26.7 Å². The fraction of sp³-hybridized carbons (Fsp3) is 0.222. The van der Waals surface area contributed by atoms with Gasteiger partial charge in [0, 0.05) is 15.6 Å². The zero-order valence-corrected chi connectivity index (χ0v) is 19.2. The highest BCUT2D eigenvalue weighted by molar-refractivity contribution is 7.21. The number of carbonyl (C=O) groups excluding carboxylic acids is 1. The van der Waals surface area contributed by atoms with Crippen molar-refractivity contribution in [2.75, 3.05) is 13.1 Å². The summed E-state index contributed by atoms with van der Waals surface area (Å²) in [5.41, 5.74) is 2.93. The highest BCUT2D eigenvalue weighted by atomic mass is 32.1. The monoisotopic (exact) mass is 445 g/mol. The summed E-state index contributed by atoms with van der Waals surface area (Å²) in [6.07, 6.45) is 1.73. The molecule has 0 aliphatic heterocycles. The molecule has 32 heavy (non-hydrogen) atoms. The molecular weight excluding hydrogens is 418 g/mol. The molecule has 3 aromatic carbocycles. The minimum atomic E-state index is -0.0552. The largest absolute Gasteiger partial charge is 0.508 e. The zero-order chi connectivity index (χ0) is 22.5. The average Bonchev–Trinajstić information content (AvgIpc) is 3.17. The van der Waals surface area contributed by atoms with Crippen LogP contribution in [0, 0.1) is 0 Å². The van der Waals surface area contributed by atoms with Crippen LogP contribution in [-0.2, 0) is 12.8 Å². The van der Waals surface area contributed by atoms with Gasteiger partial charge >= 0.3 is 0 Å². The molecule has 164 valence electrons. The van der Waals surface area contributed by atoms with E-state index in [0.29, 0.717) is 21.9 Å². The van der Waals surface area contributed by atoms with Gasteiger partial charge in [-0.15, -0.1) is 11.3 Å². The van der Waals surface area contributed by atoms with Gasteiger partial charge in [-0.3, -0.25) is 4.79 Å². The average molecular weight is 446 g/mol. The molecule has 0 amide bonds. The van der Waals surface area contributed by atoms with E-state index in [4.69, 9.17) is 4.74 Å². The number of benzene rings is 3. The summed E-state index contributed by atoms with van der Waals surface area (Å²) in [6, 6.07) is 20.8. The van der Waals surface area contributed by atoms with Crippen LogP contribution in [0.25, 0.3) is 10.1 Å². The Morgan fingerprint density at radius 2 is 1.81 bits per heavy atom. The molecule has 0 aliphatic carbocycles. The van der Waals surface area contributed by atoms with E-state index in [1.165, 1.54) is 16.9 Å². The maximum Gasteiger partial charge on any atom is 0.207 e. The fourth-order valence-electron chi connectivity index (χ4n) is 3.74. The number of phenols is 1. The Morgan fingerprint density at radius 1 is 1.03 bits per heavy atom. The number of aryl methyl sites for hydroxylation is 1. The summed E-state index contributed by atoms with van der Waals surface area (Å²) >= 11 is 1.35. The van der Waals surface area contributed by atoms with Gasteiger partial charge in [-0.25, -0.2) is 0 Å². The molecule has 0 saturated carbocycles. The van der Waals surface area contributed by atoms with E-state index in [9.17, 15) is 9.90 Å². The van der Waals surface area contributed by atoms with Crippen LogP contribution in [0.4, 0.5) is 0 Å². The minimum absolute atomic E-state index is 0.0552. The lowest BCUT2D eigenvalue weighted by atomic mass is 10.0. The van der Waals surface area contributed by atoms with Crippen LogP contribution in [0.1, 0.15) is 40.2 Å². The lowest BCUT2D eigenvalue weighted by Crippen LogP contribution is -2.15. The second-order valence-electron chi connectivity index (χ2n) is 7.63. The maximum atomic E-state index is 13.6. The van der Waals surface area contributed by atoms with E-state index < -0.39 is 0 Å². The molecule has 0 fully saturated rings. The molecule has 0 spiro atoms. The number of aromatic hydroxyl groups is 1. The quantitative estimate of drug-likeness (QED) is 0.233. The number of fused-ring (bicyclic) bond motifs is 1. The van der Waals surface area contributed by atoms with E-state index in [0.717, 1.165) is 41.6 Å². The number of rotatable bonds is 9. The van der Waals surface area contributed by atoms with Gasteiger partial charge in [-0.05, 0) is 67.4 Å². The van der Waals surface area contributed by atoms with Crippen molar-refractivity contribution in [3.8, 4) is 17.2 Å². The molecule has 0 unspecified atom stereocenters. The van der Waals surface area contributed by atoms with Crippen LogP contribution in [0.15, 0.2) is 66.7 Å². The summed E-state index contributed by atoms with van der Waals surface area (Å²) in [6.45, 7) is 6.04. The topological polar surface area (TPSA) is 58.6 Å². The van der Waals surface area contributed by atoms with Crippen molar-refractivity contribution < 1.29 is 14.6 Å². The first-order valence-corrected chi connectivity index (χ1v) is 11.8. The van der Waals surface area contributed by atoms with E-state index in [1.807, 2.05) is 49.4 Å². The molecule has 0 aliphatic rings.